The molecule has 1 atom stereocenters. The monoisotopic (exact) mass is 341 g/mol. The molecule has 1 aliphatic heterocycles. The van der Waals surface area contributed by atoms with E-state index in [0.717, 1.165) is 0 Å². The molecule has 1 aromatic heterocycles. The van der Waals surface area contributed by atoms with Gasteiger partial charge in [-0.15, -0.1) is 0 Å². The average molecular weight is 341 g/mol. The summed E-state index contributed by atoms with van der Waals surface area (Å²) in [6.45, 7) is 3.40. The summed E-state index contributed by atoms with van der Waals surface area (Å²) in [6.07, 6.45) is 0. The number of carbonyl (C=O) groups excluding carboxylic acids is 1. The number of ether oxygens (including phenoxy) is 1. The van der Waals surface area contributed by atoms with Crippen molar-refractivity contribution < 1.29 is 14.1 Å². The first-order valence-corrected chi connectivity index (χ1v) is 7.98. The van der Waals surface area contributed by atoms with Crippen molar-refractivity contribution in [2.24, 2.45) is 0 Å². The highest BCUT2D eigenvalue weighted by atomic mass is 16.5. The molecule has 1 aromatic carbocycles. The quantitative estimate of drug-likeness (QED) is 0.829. The number of carbonyl (C=O) groups is 1. The lowest BCUT2D eigenvalue weighted by atomic mass is 10.1. The van der Waals surface area contributed by atoms with Crippen LogP contribution in [0.2, 0.25) is 0 Å². The number of hydrogen-bond donors (Lipinski definition) is 0. The van der Waals surface area contributed by atoms with E-state index in [2.05, 4.69) is 15.0 Å². The molecular formula is C17H19N5O3. The molecule has 0 spiro atoms. The van der Waals surface area contributed by atoms with Crippen LogP contribution in [0.15, 0.2) is 28.8 Å². The molecule has 1 saturated heterocycles. The van der Waals surface area contributed by atoms with Gasteiger partial charge in [-0.05, 0) is 26.1 Å². The fourth-order valence-electron chi connectivity index (χ4n) is 2.82. The smallest absolute Gasteiger partial charge is 0.257 e. The number of para-hydroxylation sites is 1. The zero-order chi connectivity index (χ0) is 17.8. The Morgan fingerprint density at radius 3 is 2.96 bits per heavy atom. The van der Waals surface area contributed by atoms with Crippen molar-refractivity contribution in [1.82, 2.24) is 19.9 Å². The molecule has 1 aliphatic rings. The van der Waals surface area contributed by atoms with Gasteiger partial charge in [0.1, 0.15) is 17.9 Å². The van der Waals surface area contributed by atoms with E-state index >= 15 is 0 Å². The molecule has 0 N–H and O–H groups in total. The normalized spacial score (nSPS) is 18.0. The van der Waals surface area contributed by atoms with Crippen LogP contribution in [-0.4, -0.2) is 59.1 Å². The number of aryl methyl sites for hydroxylation is 1. The summed E-state index contributed by atoms with van der Waals surface area (Å²) in [7, 11) is 1.97. The first-order chi connectivity index (χ1) is 12.1. The Balaban J connectivity index is 1.80. The molecule has 1 fully saturated rings. The van der Waals surface area contributed by atoms with Crippen molar-refractivity contribution >= 4 is 5.91 Å². The molecule has 0 aliphatic carbocycles. The van der Waals surface area contributed by atoms with E-state index in [1.165, 1.54) is 0 Å². The zero-order valence-electron chi connectivity index (χ0n) is 14.2. The van der Waals surface area contributed by atoms with Gasteiger partial charge in [-0.3, -0.25) is 9.69 Å². The number of aromatic nitrogens is 2. The van der Waals surface area contributed by atoms with Crippen molar-refractivity contribution in [3.63, 3.8) is 0 Å². The van der Waals surface area contributed by atoms with E-state index in [0.29, 0.717) is 42.7 Å². The lowest BCUT2D eigenvalue weighted by Crippen LogP contribution is -2.49. The zero-order valence-corrected chi connectivity index (χ0v) is 14.2. The van der Waals surface area contributed by atoms with Gasteiger partial charge in [0.2, 0.25) is 5.89 Å². The summed E-state index contributed by atoms with van der Waals surface area (Å²) >= 11 is 0. The minimum absolute atomic E-state index is 0.100. The highest BCUT2D eigenvalue weighted by Crippen LogP contribution is 2.26. The maximum atomic E-state index is 13.0. The number of nitriles is 1. The number of nitrogens with zero attached hydrogens (tertiary/aromatic N) is 5. The fraction of sp³-hybridized carbons (Fsp3) is 0.412. The van der Waals surface area contributed by atoms with Gasteiger partial charge < -0.3 is 14.2 Å². The van der Waals surface area contributed by atoms with Crippen LogP contribution in [-0.2, 0) is 0 Å². The van der Waals surface area contributed by atoms with Crippen LogP contribution >= 0.6 is 0 Å². The number of likely N-dealkylation sites (N-methyl/N-ethyl adjacent to an activating group) is 1. The Kier molecular flexibility index (Phi) is 4.95. The average Bonchev–Trinajstić information content (AvgIpc) is 3.06. The Hall–Kier alpha value is -2.92. The van der Waals surface area contributed by atoms with Crippen LogP contribution in [0.25, 0.3) is 0 Å². The van der Waals surface area contributed by atoms with Gasteiger partial charge in [0.25, 0.3) is 5.91 Å². The molecule has 3 rings (SSSR count). The Labute approximate surface area is 145 Å². The highest BCUT2D eigenvalue weighted by molar-refractivity contribution is 5.97. The van der Waals surface area contributed by atoms with E-state index < -0.39 is 0 Å². The second kappa shape index (κ2) is 7.32. The number of amides is 1. The second-order valence-electron chi connectivity index (χ2n) is 5.87. The lowest BCUT2D eigenvalue weighted by Gasteiger charge is -2.37. The Morgan fingerprint density at radius 2 is 2.24 bits per heavy atom. The number of hydrogen-bond acceptors (Lipinski definition) is 7. The molecule has 2 heterocycles. The van der Waals surface area contributed by atoms with Crippen LogP contribution in [0, 0.1) is 18.3 Å². The minimum atomic E-state index is -0.147. The molecule has 0 radical (unpaired) electrons. The van der Waals surface area contributed by atoms with Crippen LogP contribution in [0.5, 0.6) is 5.75 Å². The van der Waals surface area contributed by atoms with Gasteiger partial charge >= 0.3 is 0 Å². The Morgan fingerprint density at radius 1 is 1.44 bits per heavy atom. The maximum absolute atomic E-state index is 13.0. The summed E-state index contributed by atoms with van der Waals surface area (Å²) in [6, 6.07) is 8.73. The molecule has 0 unspecified atom stereocenters. The van der Waals surface area contributed by atoms with Crippen LogP contribution in [0.4, 0.5) is 0 Å². The van der Waals surface area contributed by atoms with Crippen molar-refractivity contribution in [2.75, 3.05) is 33.3 Å². The maximum Gasteiger partial charge on any atom is 0.257 e. The number of rotatable bonds is 4. The third-order valence-electron chi connectivity index (χ3n) is 4.17. The van der Waals surface area contributed by atoms with E-state index in [9.17, 15) is 4.79 Å². The predicted octanol–water partition coefficient (Wildman–Crippen LogP) is 1.41. The van der Waals surface area contributed by atoms with Gasteiger partial charge in [-0.25, -0.2) is 0 Å². The Bertz CT molecular complexity index is 798. The SMILES string of the molecule is Cc1noc([C@@H]2CN(C(=O)c3ccccc3OCC#N)CCN2C)n1. The van der Waals surface area contributed by atoms with Crippen LogP contribution < -0.4 is 4.74 Å². The standard InChI is InChI=1S/C17H19N5O3/c1-12-19-16(25-20-12)14-11-22(9-8-21(14)2)17(23)13-5-3-4-6-15(13)24-10-7-18/h3-6,14H,8-11H2,1-2H3/t14-/m0/s1. The molecule has 130 valence electrons. The summed E-state index contributed by atoms with van der Waals surface area (Å²) in [4.78, 5) is 21.1. The summed E-state index contributed by atoms with van der Waals surface area (Å²) < 4.78 is 10.7. The molecule has 0 bridgehead atoms. The molecule has 8 nitrogen and oxygen atoms in total. The number of benzene rings is 1. The summed E-state index contributed by atoms with van der Waals surface area (Å²) in [5, 5.41) is 12.5. The fourth-order valence-corrected chi connectivity index (χ4v) is 2.82. The van der Waals surface area contributed by atoms with Gasteiger partial charge in [0, 0.05) is 19.6 Å². The minimum Gasteiger partial charge on any atom is -0.478 e. The van der Waals surface area contributed by atoms with E-state index in [4.69, 9.17) is 14.5 Å². The number of piperazine rings is 1. The molecule has 1 amide bonds. The van der Waals surface area contributed by atoms with E-state index in [1.807, 2.05) is 13.1 Å². The first-order valence-electron chi connectivity index (χ1n) is 7.98. The molecule has 25 heavy (non-hydrogen) atoms. The van der Waals surface area contributed by atoms with Gasteiger partial charge in [-0.2, -0.15) is 10.2 Å². The topological polar surface area (TPSA) is 95.5 Å². The molecule has 0 saturated carbocycles. The van der Waals surface area contributed by atoms with E-state index in [1.54, 1.807) is 36.1 Å². The van der Waals surface area contributed by atoms with Crippen molar-refractivity contribution in [2.45, 2.75) is 13.0 Å². The van der Waals surface area contributed by atoms with Crippen LogP contribution in [0.1, 0.15) is 28.1 Å². The van der Waals surface area contributed by atoms with Crippen molar-refractivity contribution in [1.29, 1.82) is 5.26 Å². The summed E-state index contributed by atoms with van der Waals surface area (Å²) in [5.74, 6) is 1.36. The lowest BCUT2D eigenvalue weighted by molar-refractivity contribution is 0.0486. The van der Waals surface area contributed by atoms with Gasteiger partial charge in [0.15, 0.2) is 12.4 Å². The second-order valence-corrected chi connectivity index (χ2v) is 5.87. The third-order valence-corrected chi connectivity index (χ3v) is 4.17. The van der Waals surface area contributed by atoms with Crippen LogP contribution in [0.3, 0.4) is 0 Å². The molecule has 8 heteroatoms. The molecule has 2 aromatic rings. The summed E-state index contributed by atoms with van der Waals surface area (Å²) in [5.41, 5.74) is 0.447. The largest absolute Gasteiger partial charge is 0.478 e. The van der Waals surface area contributed by atoms with Gasteiger partial charge in [-0.1, -0.05) is 17.3 Å². The van der Waals surface area contributed by atoms with E-state index in [-0.39, 0.29) is 18.6 Å². The van der Waals surface area contributed by atoms with Gasteiger partial charge in [0.05, 0.1) is 5.56 Å². The predicted molar refractivity (Wildman–Crippen MR) is 87.9 cm³/mol. The van der Waals surface area contributed by atoms with Crippen molar-refractivity contribution in [3.05, 3.63) is 41.5 Å². The highest BCUT2D eigenvalue weighted by Gasteiger charge is 2.33. The van der Waals surface area contributed by atoms with Crippen molar-refractivity contribution in [3.8, 4) is 11.8 Å². The molecular weight excluding hydrogens is 322 g/mol. The third kappa shape index (κ3) is 3.61. The first kappa shape index (κ1) is 16.9.